The van der Waals surface area contributed by atoms with Crippen molar-refractivity contribution in [3.63, 3.8) is 0 Å². The zero-order valence-corrected chi connectivity index (χ0v) is 15.5. The Kier molecular flexibility index (Phi) is 8.84. The number of benzene rings is 1. The minimum atomic E-state index is -0.0524. The summed E-state index contributed by atoms with van der Waals surface area (Å²) >= 11 is 0. The normalized spacial score (nSPS) is 21.1. The molecule has 1 atom stereocenters. The van der Waals surface area contributed by atoms with E-state index >= 15 is 0 Å². The van der Waals surface area contributed by atoms with E-state index in [1.807, 2.05) is 13.0 Å². The molecule has 2 nitrogen and oxygen atoms in total. The number of nitrogens with zero attached hydrogens (tertiary/aromatic N) is 1. The van der Waals surface area contributed by atoms with Crippen LogP contribution in [0.25, 0.3) is 0 Å². The average molecular weight is 363 g/mol. The van der Waals surface area contributed by atoms with Gasteiger partial charge in [-0.05, 0) is 42.9 Å². The molecule has 132 valence electrons. The average Bonchev–Trinajstić information content (AvgIpc) is 2.54. The van der Waals surface area contributed by atoms with Crippen LogP contribution in [0.3, 0.4) is 0 Å². The van der Waals surface area contributed by atoms with E-state index < -0.39 is 0 Å². The summed E-state index contributed by atoms with van der Waals surface area (Å²) in [6, 6.07) is 6.03. The molecule has 0 radical (unpaired) electrons. The van der Waals surface area contributed by atoms with E-state index in [1.165, 1.54) is 37.7 Å². The van der Waals surface area contributed by atoms with Crippen molar-refractivity contribution < 1.29 is 4.39 Å². The van der Waals surface area contributed by atoms with Crippen molar-refractivity contribution in [1.29, 1.82) is 0 Å². The maximum absolute atomic E-state index is 14.0. The third kappa shape index (κ3) is 4.82. The second-order valence-corrected chi connectivity index (χ2v) is 6.58. The van der Waals surface area contributed by atoms with Crippen molar-refractivity contribution >= 4 is 24.8 Å². The van der Waals surface area contributed by atoms with Crippen molar-refractivity contribution in [2.45, 2.75) is 45.1 Å². The Morgan fingerprint density at radius 3 is 2.39 bits per heavy atom. The molecule has 3 rings (SSSR count). The van der Waals surface area contributed by atoms with Crippen LogP contribution in [0.1, 0.15) is 49.3 Å². The highest BCUT2D eigenvalue weighted by Gasteiger charge is 2.32. The molecular weight excluding hydrogens is 334 g/mol. The van der Waals surface area contributed by atoms with Crippen molar-refractivity contribution in [3.05, 3.63) is 35.1 Å². The molecule has 1 saturated heterocycles. The third-order valence-corrected chi connectivity index (χ3v) is 5.27. The maximum atomic E-state index is 14.0. The molecule has 1 aromatic carbocycles. The van der Waals surface area contributed by atoms with E-state index in [9.17, 15) is 4.39 Å². The van der Waals surface area contributed by atoms with Gasteiger partial charge in [0, 0.05) is 32.2 Å². The number of nitrogens with one attached hydrogen (secondary N) is 1. The quantitative estimate of drug-likeness (QED) is 0.850. The van der Waals surface area contributed by atoms with E-state index in [2.05, 4.69) is 16.3 Å². The lowest BCUT2D eigenvalue weighted by atomic mass is 9.79. The van der Waals surface area contributed by atoms with Gasteiger partial charge in [0.2, 0.25) is 0 Å². The van der Waals surface area contributed by atoms with Crippen LogP contribution in [-0.4, -0.2) is 31.1 Å². The minimum Gasteiger partial charge on any atom is -0.314 e. The fraction of sp³-hybridized carbons (Fsp3) is 0.667. The predicted octanol–water partition coefficient (Wildman–Crippen LogP) is 4.50. The first-order valence-electron chi connectivity index (χ1n) is 8.47. The molecule has 0 unspecified atom stereocenters. The molecule has 0 spiro atoms. The molecule has 1 aliphatic carbocycles. The van der Waals surface area contributed by atoms with Crippen molar-refractivity contribution in [2.75, 3.05) is 26.2 Å². The summed E-state index contributed by atoms with van der Waals surface area (Å²) in [6.45, 7) is 6.21. The summed E-state index contributed by atoms with van der Waals surface area (Å²) in [5.74, 6) is 0.640. The highest BCUT2D eigenvalue weighted by Crippen LogP contribution is 2.39. The van der Waals surface area contributed by atoms with E-state index in [0.29, 0.717) is 12.0 Å². The van der Waals surface area contributed by atoms with Gasteiger partial charge >= 0.3 is 0 Å². The molecule has 2 aliphatic rings. The summed E-state index contributed by atoms with van der Waals surface area (Å²) in [7, 11) is 0. The Hall–Kier alpha value is -0.350. The van der Waals surface area contributed by atoms with Gasteiger partial charge in [0.15, 0.2) is 0 Å². The molecule has 1 saturated carbocycles. The Balaban J connectivity index is 0.00000132. The van der Waals surface area contributed by atoms with Gasteiger partial charge in [-0.1, -0.05) is 31.4 Å². The standard InChI is InChI=1S/C18H27FN2.2ClH/c1-14-16(8-5-9-17(14)19)18(15-6-3-2-4-7-15)21-12-10-20-11-13-21;;/h5,8-9,15,18,20H,2-4,6-7,10-13H2,1H3;2*1H/t18-;;/m1../s1. The van der Waals surface area contributed by atoms with Gasteiger partial charge < -0.3 is 5.32 Å². The lowest BCUT2D eigenvalue weighted by molar-refractivity contribution is 0.103. The molecule has 23 heavy (non-hydrogen) atoms. The monoisotopic (exact) mass is 362 g/mol. The molecule has 1 aliphatic heterocycles. The molecule has 1 aromatic rings. The summed E-state index contributed by atoms with van der Waals surface area (Å²) in [5.41, 5.74) is 2.08. The fourth-order valence-electron chi connectivity index (χ4n) is 4.10. The van der Waals surface area contributed by atoms with E-state index in [1.54, 1.807) is 6.07 Å². The first-order chi connectivity index (χ1) is 10.3. The van der Waals surface area contributed by atoms with Crippen molar-refractivity contribution in [2.24, 2.45) is 5.92 Å². The summed E-state index contributed by atoms with van der Waals surface area (Å²) in [6.07, 6.45) is 6.63. The fourth-order valence-corrected chi connectivity index (χ4v) is 4.10. The third-order valence-electron chi connectivity index (χ3n) is 5.27. The van der Waals surface area contributed by atoms with Gasteiger partial charge in [0.1, 0.15) is 5.82 Å². The number of hydrogen-bond acceptors (Lipinski definition) is 2. The van der Waals surface area contributed by atoms with Crippen LogP contribution in [-0.2, 0) is 0 Å². The molecule has 0 bridgehead atoms. The summed E-state index contributed by atoms with van der Waals surface area (Å²) in [5, 5.41) is 3.43. The van der Waals surface area contributed by atoms with E-state index in [0.717, 1.165) is 31.7 Å². The number of hydrogen-bond donors (Lipinski definition) is 1. The Bertz CT molecular complexity index is 454. The van der Waals surface area contributed by atoms with Crippen molar-refractivity contribution in [1.82, 2.24) is 10.2 Å². The predicted molar refractivity (Wildman–Crippen MR) is 99.4 cm³/mol. The van der Waals surface area contributed by atoms with Crippen LogP contribution in [0.4, 0.5) is 4.39 Å². The van der Waals surface area contributed by atoms with Crippen LogP contribution in [0, 0.1) is 18.7 Å². The van der Waals surface area contributed by atoms with Gasteiger partial charge in [-0.2, -0.15) is 0 Å². The Morgan fingerprint density at radius 2 is 1.74 bits per heavy atom. The molecule has 0 aromatic heterocycles. The van der Waals surface area contributed by atoms with E-state index in [-0.39, 0.29) is 30.6 Å². The number of piperazine rings is 1. The second kappa shape index (κ2) is 9.83. The minimum absolute atomic E-state index is 0. The lowest BCUT2D eigenvalue weighted by Crippen LogP contribution is -2.47. The summed E-state index contributed by atoms with van der Waals surface area (Å²) < 4.78 is 14.0. The molecule has 5 heteroatoms. The molecular formula is C18H29Cl2FN2. The Labute approximate surface area is 152 Å². The van der Waals surface area contributed by atoms with Crippen LogP contribution < -0.4 is 5.32 Å². The lowest BCUT2D eigenvalue weighted by Gasteiger charge is -2.41. The SMILES string of the molecule is Cc1c(F)cccc1[C@@H](C1CCCCC1)N1CCNCC1.Cl.Cl. The largest absolute Gasteiger partial charge is 0.314 e. The zero-order chi connectivity index (χ0) is 14.7. The zero-order valence-electron chi connectivity index (χ0n) is 13.9. The smallest absolute Gasteiger partial charge is 0.126 e. The van der Waals surface area contributed by atoms with Crippen LogP contribution >= 0.6 is 24.8 Å². The Morgan fingerprint density at radius 1 is 1.09 bits per heavy atom. The number of rotatable bonds is 3. The van der Waals surface area contributed by atoms with Crippen LogP contribution in [0.2, 0.25) is 0 Å². The van der Waals surface area contributed by atoms with Gasteiger partial charge in [-0.3, -0.25) is 4.90 Å². The maximum Gasteiger partial charge on any atom is 0.126 e. The van der Waals surface area contributed by atoms with Gasteiger partial charge in [-0.15, -0.1) is 24.8 Å². The van der Waals surface area contributed by atoms with Crippen molar-refractivity contribution in [3.8, 4) is 0 Å². The highest BCUT2D eigenvalue weighted by molar-refractivity contribution is 5.85. The topological polar surface area (TPSA) is 15.3 Å². The number of halogens is 3. The first-order valence-corrected chi connectivity index (χ1v) is 8.47. The molecule has 1 heterocycles. The highest BCUT2D eigenvalue weighted by atomic mass is 35.5. The van der Waals surface area contributed by atoms with Gasteiger partial charge in [0.25, 0.3) is 0 Å². The van der Waals surface area contributed by atoms with Gasteiger partial charge in [-0.25, -0.2) is 4.39 Å². The van der Waals surface area contributed by atoms with E-state index in [4.69, 9.17) is 0 Å². The first kappa shape index (κ1) is 20.7. The molecule has 1 N–H and O–H groups in total. The molecule has 0 amide bonds. The van der Waals surface area contributed by atoms with Crippen LogP contribution in [0.5, 0.6) is 0 Å². The summed E-state index contributed by atoms with van der Waals surface area (Å²) in [4.78, 5) is 2.59. The van der Waals surface area contributed by atoms with Crippen LogP contribution in [0.15, 0.2) is 18.2 Å². The van der Waals surface area contributed by atoms with Gasteiger partial charge in [0.05, 0.1) is 0 Å². The molecule has 2 fully saturated rings. The second-order valence-electron chi connectivity index (χ2n) is 6.58.